The van der Waals surface area contributed by atoms with E-state index in [0.717, 1.165) is 16.0 Å². The molecule has 0 aliphatic rings. The Hall–Kier alpha value is -1.73. The monoisotopic (exact) mass is 335 g/mol. The van der Waals surface area contributed by atoms with Crippen molar-refractivity contribution in [1.29, 1.82) is 0 Å². The molecule has 0 fully saturated rings. The first-order valence-corrected chi connectivity index (χ1v) is 6.33. The predicted molar refractivity (Wildman–Crippen MR) is 79.0 cm³/mol. The maximum atomic E-state index is 12.9. The molecule has 0 bridgehead atoms. The number of aromatic nitrogens is 2. The minimum absolute atomic E-state index is 0. The number of aryl methyl sites for hydroxylation is 1. The summed E-state index contributed by atoms with van der Waals surface area (Å²) in [5.74, 6) is 0.741. The van der Waals surface area contributed by atoms with E-state index in [1.807, 2.05) is 24.3 Å². The molecule has 0 amide bonds. The van der Waals surface area contributed by atoms with Gasteiger partial charge in [-0.1, -0.05) is 12.1 Å². The number of halogens is 4. The van der Waals surface area contributed by atoms with Crippen molar-refractivity contribution >= 4 is 12.4 Å². The zero-order valence-corrected chi connectivity index (χ0v) is 13.0. The van der Waals surface area contributed by atoms with Gasteiger partial charge in [-0.2, -0.15) is 18.3 Å². The average Bonchev–Trinajstić information content (AvgIpc) is 2.80. The Morgan fingerprint density at radius 3 is 2.36 bits per heavy atom. The fraction of sp³-hybridized carbons (Fsp3) is 0.357. The predicted octanol–water partition coefficient (Wildman–Crippen LogP) is 3.16. The van der Waals surface area contributed by atoms with Gasteiger partial charge in [0, 0.05) is 25.7 Å². The lowest BCUT2D eigenvalue weighted by atomic mass is 10.2. The molecule has 1 N–H and O–H groups in total. The number of methoxy groups -OCH3 is 1. The largest absolute Gasteiger partial charge is 0.497 e. The van der Waals surface area contributed by atoms with E-state index in [1.54, 1.807) is 7.11 Å². The van der Waals surface area contributed by atoms with Gasteiger partial charge in [0.15, 0.2) is 0 Å². The van der Waals surface area contributed by atoms with Crippen LogP contribution in [0, 0.1) is 0 Å². The lowest BCUT2D eigenvalue weighted by Crippen LogP contribution is -2.18. The molecule has 0 saturated heterocycles. The highest BCUT2D eigenvalue weighted by atomic mass is 35.5. The van der Waals surface area contributed by atoms with Gasteiger partial charge in [0.1, 0.15) is 11.4 Å². The standard InChI is InChI=1S/C14H16F3N3O.ClH/c1-20-13(14(15,16)17)11(9-19-20)8-18-7-10-3-5-12(21-2)6-4-10;/h3-6,9,18H,7-8H2,1-2H3;1H. The van der Waals surface area contributed by atoms with Crippen molar-refractivity contribution in [2.45, 2.75) is 19.3 Å². The summed E-state index contributed by atoms with van der Waals surface area (Å²) < 4.78 is 44.5. The van der Waals surface area contributed by atoms with Gasteiger partial charge in [-0.25, -0.2) is 0 Å². The quantitative estimate of drug-likeness (QED) is 0.912. The number of alkyl halides is 3. The molecule has 1 aromatic carbocycles. The molecule has 0 unspecified atom stereocenters. The first kappa shape index (κ1) is 18.3. The Morgan fingerprint density at radius 2 is 1.82 bits per heavy atom. The summed E-state index contributed by atoms with van der Waals surface area (Å²) in [6, 6.07) is 7.34. The van der Waals surface area contributed by atoms with E-state index in [4.69, 9.17) is 4.74 Å². The van der Waals surface area contributed by atoms with Crippen LogP contribution in [-0.2, 0) is 26.3 Å². The van der Waals surface area contributed by atoms with E-state index in [2.05, 4.69) is 10.4 Å². The minimum Gasteiger partial charge on any atom is -0.497 e. The van der Waals surface area contributed by atoms with Crippen molar-refractivity contribution < 1.29 is 17.9 Å². The summed E-state index contributed by atoms with van der Waals surface area (Å²) in [7, 11) is 2.87. The summed E-state index contributed by atoms with van der Waals surface area (Å²) in [6.45, 7) is 0.574. The first-order chi connectivity index (χ1) is 9.91. The van der Waals surface area contributed by atoms with Gasteiger partial charge in [-0.3, -0.25) is 4.68 Å². The molecule has 4 nitrogen and oxygen atoms in total. The van der Waals surface area contributed by atoms with Crippen LogP contribution in [0.4, 0.5) is 13.2 Å². The van der Waals surface area contributed by atoms with E-state index < -0.39 is 11.9 Å². The van der Waals surface area contributed by atoms with E-state index >= 15 is 0 Å². The highest BCUT2D eigenvalue weighted by Gasteiger charge is 2.36. The molecular weight excluding hydrogens is 319 g/mol. The van der Waals surface area contributed by atoms with Gasteiger partial charge in [0.25, 0.3) is 0 Å². The van der Waals surface area contributed by atoms with Crippen molar-refractivity contribution in [3.05, 3.63) is 47.3 Å². The third kappa shape index (κ3) is 4.38. The third-order valence-electron chi connectivity index (χ3n) is 3.09. The zero-order chi connectivity index (χ0) is 15.5. The number of benzene rings is 1. The summed E-state index contributed by atoms with van der Waals surface area (Å²) in [5, 5.41) is 6.66. The van der Waals surface area contributed by atoms with Crippen LogP contribution in [0.5, 0.6) is 5.75 Å². The van der Waals surface area contributed by atoms with Gasteiger partial charge < -0.3 is 10.1 Å². The van der Waals surface area contributed by atoms with E-state index in [1.165, 1.54) is 13.2 Å². The topological polar surface area (TPSA) is 39.1 Å². The molecule has 22 heavy (non-hydrogen) atoms. The minimum atomic E-state index is -4.40. The maximum absolute atomic E-state index is 12.9. The highest BCUT2D eigenvalue weighted by Crippen LogP contribution is 2.31. The lowest BCUT2D eigenvalue weighted by Gasteiger charge is -2.10. The Balaban J connectivity index is 0.00000242. The van der Waals surface area contributed by atoms with Crippen molar-refractivity contribution in [1.82, 2.24) is 15.1 Å². The Morgan fingerprint density at radius 1 is 1.18 bits per heavy atom. The van der Waals surface area contributed by atoms with Crippen molar-refractivity contribution in [3.8, 4) is 5.75 Å². The second kappa shape index (κ2) is 7.51. The molecule has 1 heterocycles. The average molecular weight is 336 g/mol. The van der Waals surface area contributed by atoms with Crippen LogP contribution in [0.3, 0.4) is 0 Å². The van der Waals surface area contributed by atoms with E-state index in [9.17, 15) is 13.2 Å². The lowest BCUT2D eigenvalue weighted by molar-refractivity contribution is -0.144. The molecule has 2 rings (SSSR count). The summed E-state index contributed by atoms with van der Waals surface area (Å²) in [5.41, 5.74) is 0.386. The van der Waals surface area contributed by atoms with Gasteiger partial charge in [0.05, 0.1) is 13.3 Å². The molecular formula is C14H17ClF3N3O. The van der Waals surface area contributed by atoms with Crippen LogP contribution >= 0.6 is 12.4 Å². The fourth-order valence-electron chi connectivity index (χ4n) is 2.06. The van der Waals surface area contributed by atoms with Crippen molar-refractivity contribution in [2.75, 3.05) is 7.11 Å². The zero-order valence-electron chi connectivity index (χ0n) is 12.1. The molecule has 0 atom stereocenters. The van der Waals surface area contributed by atoms with Crippen LogP contribution in [0.25, 0.3) is 0 Å². The molecule has 1 aromatic heterocycles. The molecule has 0 aliphatic carbocycles. The van der Waals surface area contributed by atoms with Crippen molar-refractivity contribution in [3.63, 3.8) is 0 Å². The van der Waals surface area contributed by atoms with Gasteiger partial charge in [-0.05, 0) is 17.7 Å². The Kier molecular flexibility index (Phi) is 6.25. The summed E-state index contributed by atoms with van der Waals surface area (Å²) >= 11 is 0. The smallest absolute Gasteiger partial charge is 0.433 e. The number of hydrogen-bond acceptors (Lipinski definition) is 3. The van der Waals surface area contributed by atoms with Crippen LogP contribution in [-0.4, -0.2) is 16.9 Å². The molecule has 0 saturated carbocycles. The van der Waals surface area contributed by atoms with Crippen molar-refractivity contribution in [2.24, 2.45) is 7.05 Å². The summed E-state index contributed by atoms with van der Waals surface area (Å²) in [6.07, 6.45) is -3.16. The third-order valence-corrected chi connectivity index (χ3v) is 3.09. The van der Waals surface area contributed by atoms with Gasteiger partial charge in [-0.15, -0.1) is 12.4 Å². The van der Waals surface area contributed by atoms with Crippen LogP contribution in [0.2, 0.25) is 0 Å². The van der Waals surface area contributed by atoms with E-state index in [0.29, 0.717) is 6.54 Å². The molecule has 122 valence electrons. The fourth-order valence-corrected chi connectivity index (χ4v) is 2.06. The van der Waals surface area contributed by atoms with Gasteiger partial charge in [0.2, 0.25) is 0 Å². The molecule has 8 heteroatoms. The second-order valence-electron chi connectivity index (χ2n) is 4.59. The maximum Gasteiger partial charge on any atom is 0.433 e. The van der Waals surface area contributed by atoms with Crippen LogP contribution < -0.4 is 10.1 Å². The molecule has 0 spiro atoms. The first-order valence-electron chi connectivity index (χ1n) is 6.33. The molecule has 0 aliphatic heterocycles. The Labute approximate surface area is 132 Å². The normalized spacial score (nSPS) is 11.1. The van der Waals surface area contributed by atoms with Crippen LogP contribution in [0.1, 0.15) is 16.8 Å². The second-order valence-corrected chi connectivity index (χ2v) is 4.59. The SMILES string of the molecule is COc1ccc(CNCc2cnn(C)c2C(F)(F)F)cc1.Cl. The molecule has 0 radical (unpaired) electrons. The number of ether oxygens (including phenoxy) is 1. The highest BCUT2D eigenvalue weighted by molar-refractivity contribution is 5.85. The van der Waals surface area contributed by atoms with Crippen LogP contribution in [0.15, 0.2) is 30.5 Å². The Bertz CT molecular complexity index is 596. The number of nitrogens with one attached hydrogen (secondary N) is 1. The van der Waals surface area contributed by atoms with Gasteiger partial charge >= 0.3 is 6.18 Å². The summed E-state index contributed by atoms with van der Waals surface area (Å²) in [4.78, 5) is 0. The van der Waals surface area contributed by atoms with E-state index in [-0.39, 0.29) is 24.5 Å². The molecule has 2 aromatic rings. The number of nitrogens with zero attached hydrogens (tertiary/aromatic N) is 2. The number of hydrogen-bond donors (Lipinski definition) is 1. The number of rotatable bonds is 5.